The highest BCUT2D eigenvalue weighted by molar-refractivity contribution is 6.03. The molecule has 0 aliphatic carbocycles. The molecule has 0 fully saturated rings. The van der Waals surface area contributed by atoms with E-state index in [4.69, 9.17) is 0 Å². The molecule has 0 spiro atoms. The van der Waals surface area contributed by atoms with E-state index in [9.17, 15) is 14.9 Å². The summed E-state index contributed by atoms with van der Waals surface area (Å²) in [5, 5.41) is 13.1. The number of benzene rings is 1. The van der Waals surface area contributed by atoms with Crippen LogP contribution in [0, 0.1) is 17.0 Å². The second-order valence-electron chi connectivity index (χ2n) is 3.80. The minimum Gasteiger partial charge on any atom is -0.305 e. The maximum atomic E-state index is 11.9. The predicted octanol–water partition coefficient (Wildman–Crippen LogP) is 1.95. The average Bonchev–Trinajstić information content (AvgIpc) is 2.39. The zero-order valence-corrected chi connectivity index (χ0v) is 10.0. The van der Waals surface area contributed by atoms with Gasteiger partial charge in [0.15, 0.2) is 5.82 Å². The van der Waals surface area contributed by atoms with Crippen LogP contribution in [-0.4, -0.2) is 20.8 Å². The number of nitro benzene ring substituents is 1. The Balaban J connectivity index is 2.14. The number of non-ortho nitro benzene ring substituents is 1. The van der Waals surface area contributed by atoms with E-state index in [0.717, 1.165) is 0 Å². The van der Waals surface area contributed by atoms with Gasteiger partial charge in [-0.1, -0.05) is 0 Å². The first-order valence-corrected chi connectivity index (χ1v) is 5.41. The molecule has 96 valence electrons. The van der Waals surface area contributed by atoms with Crippen molar-refractivity contribution >= 4 is 17.4 Å². The molecule has 0 saturated heterocycles. The number of aromatic nitrogens is 2. The lowest BCUT2D eigenvalue weighted by atomic mass is 10.2. The number of aryl methyl sites for hydroxylation is 1. The molecule has 1 heterocycles. The van der Waals surface area contributed by atoms with Crippen LogP contribution in [0.5, 0.6) is 0 Å². The highest BCUT2D eigenvalue weighted by Gasteiger charge is 2.10. The van der Waals surface area contributed by atoms with Gasteiger partial charge in [0.25, 0.3) is 11.6 Å². The highest BCUT2D eigenvalue weighted by Crippen LogP contribution is 2.13. The highest BCUT2D eigenvalue weighted by atomic mass is 16.6. The summed E-state index contributed by atoms with van der Waals surface area (Å²) in [4.78, 5) is 29.8. The Kier molecular flexibility index (Phi) is 3.46. The fraction of sp³-hybridized carbons (Fsp3) is 0.0833. The molecule has 2 rings (SSSR count). The fourth-order valence-electron chi connectivity index (χ4n) is 1.45. The lowest BCUT2D eigenvalue weighted by molar-refractivity contribution is -0.384. The van der Waals surface area contributed by atoms with E-state index in [2.05, 4.69) is 15.3 Å². The summed E-state index contributed by atoms with van der Waals surface area (Å²) in [6.45, 7) is 1.76. The normalized spacial score (nSPS) is 9.95. The summed E-state index contributed by atoms with van der Waals surface area (Å²) >= 11 is 0. The second-order valence-corrected chi connectivity index (χ2v) is 3.80. The topological polar surface area (TPSA) is 98.0 Å². The number of carbonyl (C=O) groups excluding carboxylic acids is 1. The van der Waals surface area contributed by atoms with Crippen molar-refractivity contribution in [2.24, 2.45) is 0 Å². The molecule has 2 aromatic rings. The molecular weight excluding hydrogens is 248 g/mol. The monoisotopic (exact) mass is 258 g/mol. The third-order valence-corrected chi connectivity index (χ3v) is 2.34. The van der Waals surface area contributed by atoms with E-state index in [0.29, 0.717) is 17.1 Å². The lowest BCUT2D eigenvalue weighted by Crippen LogP contribution is -2.13. The van der Waals surface area contributed by atoms with Crippen molar-refractivity contribution in [2.75, 3.05) is 5.32 Å². The van der Waals surface area contributed by atoms with Crippen LogP contribution in [0.3, 0.4) is 0 Å². The van der Waals surface area contributed by atoms with Gasteiger partial charge in [0.1, 0.15) is 0 Å². The maximum absolute atomic E-state index is 11.9. The van der Waals surface area contributed by atoms with Crippen LogP contribution < -0.4 is 5.32 Å². The first kappa shape index (κ1) is 12.6. The predicted molar refractivity (Wildman–Crippen MR) is 67.8 cm³/mol. The summed E-state index contributed by atoms with van der Waals surface area (Å²) in [6, 6.07) is 5.32. The van der Waals surface area contributed by atoms with Gasteiger partial charge in [-0.2, -0.15) is 0 Å². The molecule has 1 aromatic heterocycles. The summed E-state index contributed by atoms with van der Waals surface area (Å²) < 4.78 is 0. The minimum absolute atomic E-state index is 0.0631. The number of rotatable bonds is 3. The van der Waals surface area contributed by atoms with Gasteiger partial charge in [-0.3, -0.25) is 19.9 Å². The molecule has 19 heavy (non-hydrogen) atoms. The third kappa shape index (κ3) is 3.09. The number of nitrogens with zero attached hydrogens (tertiary/aromatic N) is 3. The molecule has 0 unspecified atom stereocenters. The Morgan fingerprint density at radius 2 is 1.95 bits per heavy atom. The van der Waals surface area contributed by atoms with Gasteiger partial charge in [0.05, 0.1) is 16.8 Å². The maximum Gasteiger partial charge on any atom is 0.269 e. The molecule has 0 aliphatic heterocycles. The number of hydrogen-bond acceptors (Lipinski definition) is 5. The first-order valence-electron chi connectivity index (χ1n) is 5.41. The Bertz CT molecular complexity index is 625. The van der Waals surface area contributed by atoms with Gasteiger partial charge >= 0.3 is 0 Å². The molecule has 0 aliphatic rings. The smallest absolute Gasteiger partial charge is 0.269 e. The largest absolute Gasteiger partial charge is 0.305 e. The van der Waals surface area contributed by atoms with E-state index in [1.54, 1.807) is 13.1 Å². The van der Waals surface area contributed by atoms with Crippen LogP contribution in [-0.2, 0) is 0 Å². The molecule has 0 saturated carbocycles. The van der Waals surface area contributed by atoms with Gasteiger partial charge in [0, 0.05) is 23.9 Å². The van der Waals surface area contributed by atoms with E-state index in [-0.39, 0.29) is 5.69 Å². The van der Waals surface area contributed by atoms with E-state index >= 15 is 0 Å². The number of nitrogens with one attached hydrogen (secondary N) is 1. The Hall–Kier alpha value is -2.83. The van der Waals surface area contributed by atoms with Gasteiger partial charge in [-0.25, -0.2) is 4.98 Å². The summed E-state index contributed by atoms with van der Waals surface area (Å²) in [5.74, 6) is -0.0573. The van der Waals surface area contributed by atoms with Crippen LogP contribution >= 0.6 is 0 Å². The lowest BCUT2D eigenvalue weighted by Gasteiger charge is -2.04. The molecule has 0 radical (unpaired) electrons. The van der Waals surface area contributed by atoms with Crippen molar-refractivity contribution in [3.63, 3.8) is 0 Å². The van der Waals surface area contributed by atoms with Gasteiger partial charge in [-0.05, 0) is 19.1 Å². The van der Waals surface area contributed by atoms with Crippen LogP contribution in [0.1, 0.15) is 16.1 Å². The third-order valence-electron chi connectivity index (χ3n) is 2.34. The zero-order chi connectivity index (χ0) is 13.8. The van der Waals surface area contributed by atoms with Crippen molar-refractivity contribution in [3.05, 3.63) is 58.0 Å². The van der Waals surface area contributed by atoms with Crippen molar-refractivity contribution in [2.45, 2.75) is 6.92 Å². The van der Waals surface area contributed by atoms with E-state index in [1.807, 2.05) is 0 Å². The Morgan fingerprint density at radius 3 is 2.53 bits per heavy atom. The number of hydrogen-bond donors (Lipinski definition) is 1. The molecule has 0 atom stereocenters. The fourth-order valence-corrected chi connectivity index (χ4v) is 1.45. The average molecular weight is 258 g/mol. The van der Waals surface area contributed by atoms with Crippen molar-refractivity contribution in [1.82, 2.24) is 9.97 Å². The zero-order valence-electron chi connectivity index (χ0n) is 10.0. The second kappa shape index (κ2) is 5.21. The molecule has 1 amide bonds. The molecule has 1 N–H and O–H groups in total. The summed E-state index contributed by atoms with van der Waals surface area (Å²) in [7, 11) is 0. The standard InChI is InChI=1S/C12H10N4O3/c1-8-6-13-7-11(14-8)15-12(17)9-2-4-10(5-3-9)16(18)19/h2-7H,1H3,(H,14,15,17). The van der Waals surface area contributed by atoms with Crippen molar-refractivity contribution < 1.29 is 9.72 Å². The number of nitro groups is 1. The Labute approximate surface area is 108 Å². The van der Waals surface area contributed by atoms with Crippen LogP contribution in [0.2, 0.25) is 0 Å². The molecular formula is C12H10N4O3. The molecule has 7 nitrogen and oxygen atoms in total. The number of anilines is 1. The van der Waals surface area contributed by atoms with E-state index < -0.39 is 10.8 Å². The van der Waals surface area contributed by atoms with Gasteiger partial charge in [0.2, 0.25) is 0 Å². The summed E-state index contributed by atoms with van der Waals surface area (Å²) in [5.41, 5.74) is 0.933. The minimum atomic E-state index is -0.520. The van der Waals surface area contributed by atoms with Crippen LogP contribution in [0.4, 0.5) is 11.5 Å². The van der Waals surface area contributed by atoms with Crippen molar-refractivity contribution in [3.8, 4) is 0 Å². The van der Waals surface area contributed by atoms with Crippen LogP contribution in [0.25, 0.3) is 0 Å². The first-order chi connectivity index (χ1) is 9.06. The molecule has 7 heteroatoms. The molecule has 0 bridgehead atoms. The van der Waals surface area contributed by atoms with E-state index in [1.165, 1.54) is 30.5 Å². The molecule has 1 aromatic carbocycles. The number of amides is 1. The van der Waals surface area contributed by atoms with Gasteiger partial charge in [-0.15, -0.1) is 0 Å². The SMILES string of the molecule is Cc1cncc(NC(=O)c2ccc([N+](=O)[O-])cc2)n1. The number of carbonyl (C=O) groups is 1. The quantitative estimate of drug-likeness (QED) is 0.670. The van der Waals surface area contributed by atoms with Crippen molar-refractivity contribution in [1.29, 1.82) is 0 Å². The van der Waals surface area contributed by atoms with Gasteiger partial charge < -0.3 is 5.32 Å². The Morgan fingerprint density at radius 1 is 1.26 bits per heavy atom. The summed E-state index contributed by atoms with van der Waals surface area (Å²) in [6.07, 6.45) is 3.00. The van der Waals surface area contributed by atoms with Crippen LogP contribution in [0.15, 0.2) is 36.7 Å².